The Kier molecular flexibility index (Phi) is 8.15. The molecule has 37 heavy (non-hydrogen) atoms. The van der Waals surface area contributed by atoms with E-state index in [1.807, 2.05) is 55.5 Å². The summed E-state index contributed by atoms with van der Waals surface area (Å²) in [7, 11) is 0. The van der Waals surface area contributed by atoms with E-state index < -0.39 is 12.0 Å². The Morgan fingerprint density at radius 1 is 1.00 bits per heavy atom. The van der Waals surface area contributed by atoms with Gasteiger partial charge in [0, 0.05) is 29.3 Å². The first-order valence-corrected chi connectivity index (χ1v) is 11.9. The molecule has 4 rings (SSSR count). The van der Waals surface area contributed by atoms with Gasteiger partial charge in [0.2, 0.25) is 5.89 Å². The van der Waals surface area contributed by atoms with Gasteiger partial charge in [-0.2, -0.15) is 0 Å². The summed E-state index contributed by atoms with van der Waals surface area (Å²) in [5.74, 6) is 0.691. The molecule has 0 saturated heterocycles. The first-order valence-electron chi connectivity index (χ1n) is 11.9. The zero-order valence-corrected chi connectivity index (χ0v) is 20.7. The first-order chi connectivity index (χ1) is 17.9. The quantitative estimate of drug-likeness (QED) is 0.206. The Bertz CT molecular complexity index is 1380. The van der Waals surface area contributed by atoms with E-state index in [1.165, 1.54) is 6.08 Å². The molecule has 7 nitrogen and oxygen atoms in total. The van der Waals surface area contributed by atoms with E-state index >= 15 is 0 Å². The molecule has 0 unspecified atom stereocenters. The number of oxazole rings is 1. The van der Waals surface area contributed by atoms with Crippen LogP contribution in [0.4, 0.5) is 0 Å². The molecular formula is C30H28N2O5. The number of hydrogen-bond donors (Lipinski definition) is 2. The Morgan fingerprint density at radius 3 is 2.30 bits per heavy atom. The van der Waals surface area contributed by atoms with Crippen molar-refractivity contribution in [3.05, 3.63) is 119 Å². The van der Waals surface area contributed by atoms with Crippen molar-refractivity contribution in [2.75, 3.05) is 0 Å². The minimum absolute atomic E-state index is 0.186. The summed E-state index contributed by atoms with van der Waals surface area (Å²) >= 11 is 0. The summed E-state index contributed by atoms with van der Waals surface area (Å²) in [6.45, 7) is 3.78. The lowest BCUT2D eigenvalue weighted by Gasteiger charge is -2.16. The number of hydrogen-bond acceptors (Lipinski definition) is 6. The van der Waals surface area contributed by atoms with Gasteiger partial charge in [0.15, 0.2) is 5.78 Å². The number of ether oxygens (including phenoxy) is 1. The number of carbonyl (C=O) groups is 2. The molecule has 0 radical (unpaired) electrons. The first kappa shape index (κ1) is 25.4. The van der Waals surface area contributed by atoms with Crippen molar-refractivity contribution in [2.45, 2.75) is 32.9 Å². The molecule has 0 bridgehead atoms. The minimum Gasteiger partial charge on any atom is -0.487 e. The smallest absolute Gasteiger partial charge is 0.326 e. The number of nitrogens with zero attached hydrogens (tertiary/aromatic N) is 1. The van der Waals surface area contributed by atoms with Crippen LogP contribution in [0.1, 0.15) is 34.3 Å². The number of aryl methyl sites for hydroxylation is 1. The maximum Gasteiger partial charge on any atom is 0.326 e. The summed E-state index contributed by atoms with van der Waals surface area (Å²) in [5, 5.41) is 12.6. The fraction of sp³-hybridized carbons (Fsp3) is 0.167. The Balaban J connectivity index is 1.35. The van der Waals surface area contributed by atoms with Gasteiger partial charge >= 0.3 is 5.97 Å². The lowest BCUT2D eigenvalue weighted by atomic mass is 10.1. The van der Waals surface area contributed by atoms with Gasteiger partial charge in [-0.1, -0.05) is 60.7 Å². The lowest BCUT2D eigenvalue weighted by Crippen LogP contribution is -2.37. The van der Waals surface area contributed by atoms with Crippen LogP contribution >= 0.6 is 0 Å². The third-order valence-corrected chi connectivity index (χ3v) is 5.76. The number of nitrogens with one attached hydrogen (secondary N) is 1. The highest BCUT2D eigenvalue weighted by Crippen LogP contribution is 2.23. The number of carbonyl (C=O) groups excluding carboxylic acids is 1. The normalized spacial score (nSPS) is 12.1. The Morgan fingerprint density at radius 2 is 1.65 bits per heavy atom. The van der Waals surface area contributed by atoms with Gasteiger partial charge < -0.3 is 19.6 Å². The molecule has 1 atom stereocenters. The lowest BCUT2D eigenvalue weighted by molar-refractivity contribution is -0.139. The van der Waals surface area contributed by atoms with E-state index in [0.717, 1.165) is 11.1 Å². The van der Waals surface area contributed by atoms with E-state index in [9.17, 15) is 14.7 Å². The van der Waals surface area contributed by atoms with Crippen LogP contribution < -0.4 is 10.1 Å². The van der Waals surface area contributed by atoms with Gasteiger partial charge in [0.05, 0.1) is 0 Å². The van der Waals surface area contributed by atoms with Crippen LogP contribution in [0.2, 0.25) is 0 Å². The highest BCUT2D eigenvalue weighted by molar-refractivity contribution is 6.04. The number of rotatable bonds is 11. The van der Waals surface area contributed by atoms with Crippen molar-refractivity contribution in [3.63, 3.8) is 0 Å². The second-order valence-electron chi connectivity index (χ2n) is 8.62. The summed E-state index contributed by atoms with van der Waals surface area (Å²) in [6, 6.07) is 24.9. The molecule has 1 heterocycles. The van der Waals surface area contributed by atoms with E-state index in [2.05, 4.69) is 10.3 Å². The maximum atomic E-state index is 12.4. The largest absolute Gasteiger partial charge is 0.487 e. The standard InChI is InChI=1S/C30H28N2O5/c1-20(17-28(33)23-9-5-3-6-10-23)31-26(30(34)35)18-22-13-15-25(16-14-22)36-19-27-21(2)37-29(32-27)24-11-7-4-8-12-24/h3-17,26,31H,18-19H2,1-2H3,(H,34,35)/b20-17+/t26-/m0/s1. The number of aromatic nitrogens is 1. The van der Waals surface area contributed by atoms with E-state index in [4.69, 9.17) is 9.15 Å². The maximum absolute atomic E-state index is 12.4. The number of benzene rings is 3. The highest BCUT2D eigenvalue weighted by Gasteiger charge is 2.18. The van der Waals surface area contributed by atoms with Gasteiger partial charge in [-0.05, 0) is 43.7 Å². The second kappa shape index (κ2) is 11.9. The topological polar surface area (TPSA) is 102 Å². The fourth-order valence-corrected chi connectivity index (χ4v) is 3.77. The monoisotopic (exact) mass is 496 g/mol. The van der Waals surface area contributed by atoms with Crippen LogP contribution in [-0.2, 0) is 17.8 Å². The molecule has 0 aliphatic heterocycles. The third-order valence-electron chi connectivity index (χ3n) is 5.76. The van der Waals surface area contributed by atoms with Crippen molar-refractivity contribution < 1.29 is 23.8 Å². The van der Waals surface area contributed by atoms with Crippen LogP contribution in [0.15, 0.2) is 101 Å². The fourth-order valence-electron chi connectivity index (χ4n) is 3.77. The van der Waals surface area contributed by atoms with Crippen molar-refractivity contribution in [2.24, 2.45) is 0 Å². The highest BCUT2D eigenvalue weighted by atomic mass is 16.5. The molecule has 3 aromatic carbocycles. The zero-order chi connectivity index (χ0) is 26.2. The van der Waals surface area contributed by atoms with Crippen molar-refractivity contribution in [1.29, 1.82) is 0 Å². The molecule has 0 spiro atoms. The van der Waals surface area contributed by atoms with Gasteiger partial charge in [-0.25, -0.2) is 9.78 Å². The Labute approximate surface area is 215 Å². The molecule has 0 saturated carbocycles. The molecule has 0 fully saturated rings. The summed E-state index contributed by atoms with van der Waals surface area (Å²) < 4.78 is 11.7. The van der Waals surface area contributed by atoms with E-state index in [-0.39, 0.29) is 18.8 Å². The van der Waals surface area contributed by atoms with Crippen LogP contribution in [0.5, 0.6) is 5.75 Å². The van der Waals surface area contributed by atoms with Crippen LogP contribution in [-0.4, -0.2) is 27.9 Å². The van der Waals surface area contributed by atoms with Crippen molar-refractivity contribution >= 4 is 11.8 Å². The van der Waals surface area contributed by atoms with Gasteiger partial charge in [0.25, 0.3) is 0 Å². The molecule has 0 aliphatic carbocycles. The molecule has 1 aromatic heterocycles. The predicted octanol–water partition coefficient (Wildman–Crippen LogP) is 5.60. The van der Waals surface area contributed by atoms with Crippen molar-refractivity contribution in [1.82, 2.24) is 10.3 Å². The SMILES string of the molecule is C/C(=C\C(=O)c1ccccc1)N[C@@H](Cc1ccc(OCc2nc(-c3ccccc3)oc2C)cc1)C(=O)O. The summed E-state index contributed by atoms with van der Waals surface area (Å²) in [4.78, 5) is 28.8. The van der Waals surface area contributed by atoms with E-state index in [1.54, 1.807) is 43.3 Å². The average molecular weight is 497 g/mol. The second-order valence-corrected chi connectivity index (χ2v) is 8.62. The Hall–Kier alpha value is -4.65. The van der Waals surface area contributed by atoms with Gasteiger partial charge in [0.1, 0.15) is 29.9 Å². The van der Waals surface area contributed by atoms with Gasteiger partial charge in [-0.15, -0.1) is 0 Å². The summed E-state index contributed by atoms with van der Waals surface area (Å²) in [6.07, 6.45) is 1.65. The molecule has 2 N–H and O–H groups in total. The number of allylic oxidation sites excluding steroid dienone is 2. The van der Waals surface area contributed by atoms with Crippen LogP contribution in [0, 0.1) is 6.92 Å². The predicted molar refractivity (Wildman–Crippen MR) is 140 cm³/mol. The molecular weight excluding hydrogens is 468 g/mol. The van der Waals surface area contributed by atoms with Crippen LogP contribution in [0.3, 0.4) is 0 Å². The van der Waals surface area contributed by atoms with E-state index in [0.29, 0.717) is 34.4 Å². The summed E-state index contributed by atoms with van der Waals surface area (Å²) in [5.41, 5.74) is 3.46. The van der Waals surface area contributed by atoms with Gasteiger partial charge in [-0.3, -0.25) is 4.79 Å². The minimum atomic E-state index is -1.00. The van der Waals surface area contributed by atoms with Crippen molar-refractivity contribution in [3.8, 4) is 17.2 Å². The number of ketones is 1. The number of aliphatic carboxylic acids is 1. The molecule has 188 valence electrons. The molecule has 7 heteroatoms. The average Bonchev–Trinajstić information content (AvgIpc) is 3.29. The molecule has 4 aromatic rings. The third kappa shape index (κ3) is 6.95. The molecule has 0 amide bonds. The molecule has 0 aliphatic rings. The number of carboxylic acids is 1. The zero-order valence-electron chi connectivity index (χ0n) is 20.7. The van der Waals surface area contributed by atoms with Crippen LogP contribution in [0.25, 0.3) is 11.5 Å². The number of carboxylic acid groups (broad SMARTS) is 1.